The molecule has 3 rings (SSSR count). The quantitative estimate of drug-likeness (QED) is 0.781. The van der Waals surface area contributed by atoms with Crippen LogP contribution in [0.2, 0.25) is 0 Å². The fourth-order valence-corrected chi connectivity index (χ4v) is 3.33. The number of hydrogen-bond acceptors (Lipinski definition) is 4. The Kier molecular flexibility index (Phi) is 4.47. The van der Waals surface area contributed by atoms with E-state index < -0.39 is 5.60 Å². The third kappa shape index (κ3) is 3.48. The van der Waals surface area contributed by atoms with Gasteiger partial charge in [0, 0.05) is 24.0 Å². The van der Waals surface area contributed by atoms with Gasteiger partial charge < -0.3 is 4.74 Å². The van der Waals surface area contributed by atoms with Gasteiger partial charge in [-0.05, 0) is 66.4 Å². The highest BCUT2D eigenvalue weighted by Crippen LogP contribution is 2.32. The summed E-state index contributed by atoms with van der Waals surface area (Å²) in [6, 6.07) is 1.96. The molecule has 3 heterocycles. The molecule has 2 aromatic rings. The van der Waals surface area contributed by atoms with Crippen LogP contribution in [0.25, 0.3) is 5.65 Å². The summed E-state index contributed by atoms with van der Waals surface area (Å²) in [6.45, 7) is 12.5. The predicted molar refractivity (Wildman–Crippen MR) is 96.7 cm³/mol. The van der Waals surface area contributed by atoms with Crippen LogP contribution in [0, 0.1) is 20.8 Å². The summed E-state index contributed by atoms with van der Waals surface area (Å²) >= 11 is 0. The largest absolute Gasteiger partial charge is 0.444 e. The molecule has 0 bridgehead atoms. The van der Waals surface area contributed by atoms with Gasteiger partial charge in [0.05, 0.1) is 11.7 Å². The molecule has 0 saturated carbocycles. The predicted octanol–water partition coefficient (Wildman–Crippen LogP) is 4.12. The minimum absolute atomic E-state index is 0.0506. The summed E-state index contributed by atoms with van der Waals surface area (Å²) in [7, 11) is 0. The van der Waals surface area contributed by atoms with Crippen LogP contribution in [-0.2, 0) is 4.74 Å². The molecule has 1 saturated heterocycles. The molecular weight excluding hydrogens is 316 g/mol. The first-order valence-corrected chi connectivity index (χ1v) is 9.00. The van der Waals surface area contributed by atoms with Gasteiger partial charge in [-0.3, -0.25) is 4.90 Å². The average molecular weight is 344 g/mol. The number of nitrogens with zero attached hydrogens (tertiary/aromatic N) is 4. The average Bonchev–Trinajstić information content (AvgIpc) is 2.95. The van der Waals surface area contributed by atoms with Gasteiger partial charge in [-0.1, -0.05) is 0 Å². The van der Waals surface area contributed by atoms with Crippen LogP contribution in [0.3, 0.4) is 0 Å². The molecule has 0 N–H and O–H groups in total. The number of aryl methyl sites for hydroxylation is 2. The summed E-state index contributed by atoms with van der Waals surface area (Å²) in [5.74, 6) is 0. The summed E-state index contributed by atoms with van der Waals surface area (Å²) < 4.78 is 7.49. The maximum Gasteiger partial charge on any atom is 0.410 e. The van der Waals surface area contributed by atoms with Crippen molar-refractivity contribution in [1.29, 1.82) is 0 Å². The van der Waals surface area contributed by atoms with E-state index in [9.17, 15) is 4.79 Å². The zero-order valence-electron chi connectivity index (χ0n) is 16.1. The van der Waals surface area contributed by atoms with Crippen LogP contribution in [0.4, 0.5) is 4.79 Å². The molecule has 1 atom stereocenters. The Bertz CT molecular complexity index is 804. The SMILES string of the molecule is Cc1nc2cc([C@@H]3CCCCN3C(=O)OC(C)(C)C)nn2c(C)c1C. The molecule has 0 unspecified atom stereocenters. The normalized spacial score (nSPS) is 18.6. The Morgan fingerprint density at radius 2 is 1.96 bits per heavy atom. The zero-order valence-corrected chi connectivity index (χ0v) is 16.1. The number of amides is 1. The Hall–Kier alpha value is -2.11. The lowest BCUT2D eigenvalue weighted by Gasteiger charge is -2.35. The molecule has 2 aromatic heterocycles. The van der Waals surface area contributed by atoms with Gasteiger partial charge in [-0.15, -0.1) is 0 Å². The van der Waals surface area contributed by atoms with E-state index in [1.807, 2.05) is 43.2 Å². The van der Waals surface area contributed by atoms with Gasteiger partial charge >= 0.3 is 6.09 Å². The van der Waals surface area contributed by atoms with E-state index in [0.29, 0.717) is 6.54 Å². The van der Waals surface area contributed by atoms with Gasteiger partial charge in [0.2, 0.25) is 0 Å². The molecular formula is C19H28N4O2. The number of aromatic nitrogens is 3. The highest BCUT2D eigenvalue weighted by Gasteiger charge is 2.33. The second kappa shape index (κ2) is 6.32. The number of fused-ring (bicyclic) bond motifs is 1. The van der Waals surface area contributed by atoms with Crippen molar-refractivity contribution < 1.29 is 9.53 Å². The van der Waals surface area contributed by atoms with E-state index in [1.54, 1.807) is 0 Å². The molecule has 136 valence electrons. The molecule has 0 aliphatic carbocycles. The minimum atomic E-state index is -0.496. The second-order valence-corrected chi connectivity index (χ2v) is 7.93. The Balaban J connectivity index is 1.96. The van der Waals surface area contributed by atoms with Crippen molar-refractivity contribution in [3.05, 3.63) is 28.7 Å². The lowest BCUT2D eigenvalue weighted by Crippen LogP contribution is -2.42. The van der Waals surface area contributed by atoms with Crippen molar-refractivity contribution in [2.24, 2.45) is 0 Å². The lowest BCUT2D eigenvalue weighted by molar-refractivity contribution is 0.00898. The summed E-state index contributed by atoms with van der Waals surface area (Å²) in [5.41, 5.74) is 4.49. The Labute approximate surface area is 149 Å². The van der Waals surface area contributed by atoms with E-state index in [-0.39, 0.29) is 12.1 Å². The van der Waals surface area contributed by atoms with E-state index in [4.69, 9.17) is 9.84 Å². The van der Waals surface area contributed by atoms with Crippen molar-refractivity contribution in [3.8, 4) is 0 Å². The second-order valence-electron chi connectivity index (χ2n) is 7.93. The maximum absolute atomic E-state index is 12.6. The minimum Gasteiger partial charge on any atom is -0.444 e. The summed E-state index contributed by atoms with van der Waals surface area (Å²) in [5, 5.41) is 4.77. The maximum atomic E-state index is 12.6. The number of ether oxygens (including phenoxy) is 1. The van der Waals surface area contributed by atoms with E-state index in [0.717, 1.165) is 47.6 Å². The van der Waals surface area contributed by atoms with Crippen LogP contribution in [0.15, 0.2) is 6.07 Å². The first-order chi connectivity index (χ1) is 11.7. The van der Waals surface area contributed by atoms with Crippen LogP contribution in [0.1, 0.15) is 68.7 Å². The Morgan fingerprint density at radius 1 is 1.24 bits per heavy atom. The van der Waals surface area contributed by atoms with Crippen molar-refractivity contribution in [2.45, 2.75) is 72.4 Å². The van der Waals surface area contributed by atoms with Crippen molar-refractivity contribution >= 4 is 11.7 Å². The first kappa shape index (κ1) is 17.7. The van der Waals surface area contributed by atoms with Crippen molar-refractivity contribution in [2.75, 3.05) is 6.54 Å². The van der Waals surface area contributed by atoms with Gasteiger partial charge in [0.15, 0.2) is 5.65 Å². The van der Waals surface area contributed by atoms with Gasteiger partial charge in [0.25, 0.3) is 0 Å². The standard InChI is InChI=1S/C19H28N4O2/c1-12-13(2)20-17-11-15(21-23(17)14(12)3)16-9-7-8-10-22(16)18(24)25-19(4,5)6/h11,16H,7-10H2,1-6H3/t16-/m0/s1. The lowest BCUT2D eigenvalue weighted by atomic mass is 10.00. The highest BCUT2D eigenvalue weighted by atomic mass is 16.6. The van der Waals surface area contributed by atoms with Crippen LogP contribution in [0.5, 0.6) is 0 Å². The number of piperidine rings is 1. The molecule has 0 radical (unpaired) electrons. The molecule has 1 amide bonds. The fourth-order valence-electron chi connectivity index (χ4n) is 3.33. The summed E-state index contributed by atoms with van der Waals surface area (Å²) in [4.78, 5) is 19.1. The van der Waals surface area contributed by atoms with Crippen LogP contribution >= 0.6 is 0 Å². The number of likely N-dealkylation sites (tertiary alicyclic amines) is 1. The highest BCUT2D eigenvalue weighted by molar-refractivity contribution is 5.69. The number of carbonyl (C=O) groups excluding carboxylic acids is 1. The van der Waals surface area contributed by atoms with Gasteiger partial charge in [-0.25, -0.2) is 14.3 Å². The Morgan fingerprint density at radius 3 is 2.64 bits per heavy atom. The van der Waals surface area contributed by atoms with Crippen molar-refractivity contribution in [1.82, 2.24) is 19.5 Å². The van der Waals surface area contributed by atoms with Gasteiger partial charge in [-0.2, -0.15) is 5.10 Å². The zero-order chi connectivity index (χ0) is 18.4. The van der Waals surface area contributed by atoms with Gasteiger partial charge in [0.1, 0.15) is 5.60 Å². The van der Waals surface area contributed by atoms with E-state index >= 15 is 0 Å². The fraction of sp³-hybridized carbons (Fsp3) is 0.632. The van der Waals surface area contributed by atoms with E-state index in [1.165, 1.54) is 0 Å². The first-order valence-electron chi connectivity index (χ1n) is 9.00. The third-order valence-corrected chi connectivity index (χ3v) is 4.87. The molecule has 1 aliphatic heterocycles. The van der Waals surface area contributed by atoms with Crippen LogP contribution in [-0.4, -0.2) is 37.7 Å². The van der Waals surface area contributed by atoms with Crippen LogP contribution < -0.4 is 0 Å². The molecule has 25 heavy (non-hydrogen) atoms. The summed E-state index contributed by atoms with van der Waals surface area (Å²) in [6.07, 6.45) is 2.73. The smallest absolute Gasteiger partial charge is 0.410 e. The molecule has 6 nitrogen and oxygen atoms in total. The monoisotopic (exact) mass is 344 g/mol. The number of carbonyl (C=O) groups is 1. The molecule has 6 heteroatoms. The number of rotatable bonds is 1. The third-order valence-electron chi connectivity index (χ3n) is 4.87. The topological polar surface area (TPSA) is 59.7 Å². The molecule has 0 aromatic carbocycles. The number of hydrogen-bond donors (Lipinski definition) is 0. The molecule has 0 spiro atoms. The molecule has 1 aliphatic rings. The van der Waals surface area contributed by atoms with Crippen molar-refractivity contribution in [3.63, 3.8) is 0 Å². The molecule has 1 fully saturated rings. The van der Waals surface area contributed by atoms with E-state index in [2.05, 4.69) is 18.8 Å².